The summed E-state index contributed by atoms with van der Waals surface area (Å²) in [6.45, 7) is 5.65. The first-order chi connectivity index (χ1) is 8.71. The van der Waals surface area contributed by atoms with Gasteiger partial charge in [-0.1, -0.05) is 32.6 Å². The predicted octanol–water partition coefficient (Wildman–Crippen LogP) is 3.79. The summed E-state index contributed by atoms with van der Waals surface area (Å²) in [4.78, 5) is 14.3. The zero-order valence-corrected chi connectivity index (χ0v) is 12.2. The first kappa shape index (κ1) is 14.0. The van der Waals surface area contributed by atoms with Gasteiger partial charge >= 0.3 is 0 Å². The van der Waals surface area contributed by atoms with E-state index < -0.39 is 0 Å². The van der Waals surface area contributed by atoms with Crippen LogP contribution in [0.1, 0.15) is 71.6 Å². The molecule has 2 nitrogen and oxygen atoms in total. The highest BCUT2D eigenvalue weighted by atomic mass is 16.1. The van der Waals surface area contributed by atoms with E-state index in [2.05, 4.69) is 18.7 Å². The second-order valence-corrected chi connectivity index (χ2v) is 6.56. The van der Waals surface area contributed by atoms with Crippen molar-refractivity contribution in [3.8, 4) is 0 Å². The van der Waals surface area contributed by atoms with Crippen molar-refractivity contribution in [3.05, 3.63) is 0 Å². The molecule has 0 spiro atoms. The number of hydrogen-bond donors (Lipinski definition) is 0. The summed E-state index contributed by atoms with van der Waals surface area (Å²) < 4.78 is 0. The zero-order valence-electron chi connectivity index (χ0n) is 12.2. The summed E-state index contributed by atoms with van der Waals surface area (Å²) in [6.07, 6.45) is 12.6. The molecular formula is C16H29NO. The summed E-state index contributed by atoms with van der Waals surface area (Å²) in [5.74, 6) is 0. The fourth-order valence-corrected chi connectivity index (χ4v) is 3.96. The van der Waals surface area contributed by atoms with Crippen molar-refractivity contribution in [2.45, 2.75) is 83.7 Å². The Kier molecular flexibility index (Phi) is 4.83. The Labute approximate surface area is 112 Å². The summed E-state index contributed by atoms with van der Waals surface area (Å²) in [5.41, 5.74) is -0.0253. The van der Waals surface area contributed by atoms with Crippen LogP contribution >= 0.6 is 0 Å². The predicted molar refractivity (Wildman–Crippen MR) is 75.7 cm³/mol. The molecule has 2 heteroatoms. The molecular weight excluding hydrogens is 222 g/mol. The first-order valence-corrected chi connectivity index (χ1v) is 7.93. The zero-order chi connectivity index (χ0) is 13.0. The van der Waals surface area contributed by atoms with Gasteiger partial charge in [-0.25, -0.2) is 0 Å². The Morgan fingerprint density at radius 3 is 2.39 bits per heavy atom. The van der Waals surface area contributed by atoms with Crippen LogP contribution in [0.4, 0.5) is 0 Å². The molecule has 0 N–H and O–H groups in total. The van der Waals surface area contributed by atoms with Gasteiger partial charge in [0.05, 0.1) is 0 Å². The standard InChI is InChI=1S/C16H29NO/c1-3-15-9-8-14(2)17(15)12-16(13-18)10-6-4-5-7-11-16/h13-15H,3-12H2,1-2H3. The Bertz CT molecular complexity index is 268. The normalized spacial score (nSPS) is 33.2. The lowest BCUT2D eigenvalue weighted by atomic mass is 9.81. The molecule has 2 fully saturated rings. The molecule has 1 saturated heterocycles. The minimum absolute atomic E-state index is 0.0253. The van der Waals surface area contributed by atoms with Crippen molar-refractivity contribution in [3.63, 3.8) is 0 Å². The Balaban J connectivity index is 2.05. The van der Waals surface area contributed by atoms with Crippen LogP contribution in [0.3, 0.4) is 0 Å². The number of nitrogens with zero attached hydrogens (tertiary/aromatic N) is 1. The smallest absolute Gasteiger partial charge is 0.127 e. The van der Waals surface area contributed by atoms with E-state index in [4.69, 9.17) is 0 Å². The average Bonchev–Trinajstić information content (AvgIpc) is 2.61. The van der Waals surface area contributed by atoms with Gasteiger partial charge in [-0.3, -0.25) is 4.90 Å². The molecule has 0 aromatic carbocycles. The summed E-state index contributed by atoms with van der Waals surface area (Å²) >= 11 is 0. The van der Waals surface area contributed by atoms with Gasteiger partial charge in [-0.15, -0.1) is 0 Å². The first-order valence-electron chi connectivity index (χ1n) is 7.93. The van der Waals surface area contributed by atoms with Gasteiger partial charge in [-0.05, 0) is 39.0 Å². The number of aldehydes is 1. The van der Waals surface area contributed by atoms with Crippen LogP contribution in [0.5, 0.6) is 0 Å². The van der Waals surface area contributed by atoms with E-state index >= 15 is 0 Å². The molecule has 1 aliphatic heterocycles. The van der Waals surface area contributed by atoms with Crippen LogP contribution in [0.25, 0.3) is 0 Å². The van der Waals surface area contributed by atoms with Crippen molar-refractivity contribution in [2.24, 2.45) is 5.41 Å². The van der Waals surface area contributed by atoms with E-state index in [1.165, 1.54) is 51.2 Å². The topological polar surface area (TPSA) is 20.3 Å². The number of carbonyl (C=O) groups is 1. The highest BCUT2D eigenvalue weighted by molar-refractivity contribution is 5.59. The van der Waals surface area contributed by atoms with E-state index in [1.54, 1.807) is 0 Å². The number of carbonyl (C=O) groups excluding carboxylic acids is 1. The molecule has 0 bridgehead atoms. The minimum Gasteiger partial charge on any atom is -0.303 e. The Morgan fingerprint density at radius 2 is 1.83 bits per heavy atom. The summed E-state index contributed by atoms with van der Waals surface area (Å²) in [5, 5.41) is 0. The minimum atomic E-state index is -0.0253. The highest BCUT2D eigenvalue weighted by Crippen LogP contribution is 2.37. The molecule has 0 aromatic rings. The SMILES string of the molecule is CCC1CCC(C)N1CC1(C=O)CCCCCC1. The van der Waals surface area contributed by atoms with Crippen LogP contribution in [-0.4, -0.2) is 29.8 Å². The van der Waals surface area contributed by atoms with Gasteiger partial charge in [0.1, 0.15) is 6.29 Å². The molecule has 1 saturated carbocycles. The van der Waals surface area contributed by atoms with Crippen LogP contribution in [-0.2, 0) is 4.79 Å². The van der Waals surface area contributed by atoms with E-state index in [-0.39, 0.29) is 5.41 Å². The molecule has 0 amide bonds. The molecule has 104 valence electrons. The van der Waals surface area contributed by atoms with Crippen LogP contribution in [0.15, 0.2) is 0 Å². The van der Waals surface area contributed by atoms with Crippen LogP contribution in [0.2, 0.25) is 0 Å². The van der Waals surface area contributed by atoms with E-state index in [1.807, 2.05) is 0 Å². The molecule has 18 heavy (non-hydrogen) atoms. The van der Waals surface area contributed by atoms with Gasteiger partial charge < -0.3 is 4.79 Å². The van der Waals surface area contributed by atoms with Gasteiger partial charge in [0, 0.05) is 24.0 Å². The summed E-state index contributed by atoms with van der Waals surface area (Å²) in [7, 11) is 0. The molecule has 0 radical (unpaired) electrons. The number of likely N-dealkylation sites (tertiary alicyclic amines) is 1. The lowest BCUT2D eigenvalue weighted by Gasteiger charge is -2.37. The third-order valence-electron chi connectivity index (χ3n) is 5.27. The molecule has 2 unspecified atom stereocenters. The maximum atomic E-state index is 11.7. The van der Waals surface area contributed by atoms with Crippen LogP contribution < -0.4 is 0 Å². The van der Waals surface area contributed by atoms with Crippen molar-refractivity contribution in [2.75, 3.05) is 6.54 Å². The third kappa shape index (κ3) is 2.96. The quantitative estimate of drug-likeness (QED) is 0.559. The van der Waals surface area contributed by atoms with Crippen LogP contribution in [0, 0.1) is 5.41 Å². The van der Waals surface area contributed by atoms with Crippen molar-refractivity contribution < 1.29 is 4.79 Å². The fourth-order valence-electron chi connectivity index (χ4n) is 3.96. The van der Waals surface area contributed by atoms with Gasteiger partial charge in [0.15, 0.2) is 0 Å². The maximum absolute atomic E-state index is 11.7. The van der Waals surface area contributed by atoms with Gasteiger partial charge in [0.2, 0.25) is 0 Å². The molecule has 2 atom stereocenters. The largest absolute Gasteiger partial charge is 0.303 e. The molecule has 1 aliphatic carbocycles. The van der Waals surface area contributed by atoms with Crippen molar-refractivity contribution in [1.29, 1.82) is 0 Å². The fraction of sp³-hybridized carbons (Fsp3) is 0.938. The van der Waals surface area contributed by atoms with Crippen molar-refractivity contribution in [1.82, 2.24) is 4.90 Å². The number of hydrogen-bond acceptors (Lipinski definition) is 2. The van der Waals surface area contributed by atoms with Gasteiger partial charge in [0.25, 0.3) is 0 Å². The van der Waals surface area contributed by atoms with Crippen molar-refractivity contribution >= 4 is 6.29 Å². The van der Waals surface area contributed by atoms with Gasteiger partial charge in [-0.2, -0.15) is 0 Å². The third-order valence-corrected chi connectivity index (χ3v) is 5.27. The Hall–Kier alpha value is -0.370. The monoisotopic (exact) mass is 251 g/mol. The summed E-state index contributed by atoms with van der Waals surface area (Å²) in [6, 6.07) is 1.40. The molecule has 0 aromatic heterocycles. The second-order valence-electron chi connectivity index (χ2n) is 6.56. The number of rotatable bonds is 4. The average molecular weight is 251 g/mol. The molecule has 2 aliphatic rings. The molecule has 1 heterocycles. The van der Waals surface area contributed by atoms with E-state index in [0.717, 1.165) is 25.4 Å². The lowest BCUT2D eigenvalue weighted by molar-refractivity contribution is -0.118. The Morgan fingerprint density at radius 1 is 1.17 bits per heavy atom. The van der Waals surface area contributed by atoms with E-state index in [9.17, 15) is 4.79 Å². The highest BCUT2D eigenvalue weighted by Gasteiger charge is 2.38. The maximum Gasteiger partial charge on any atom is 0.127 e. The second kappa shape index (κ2) is 6.18. The molecule has 2 rings (SSSR count). The van der Waals surface area contributed by atoms with E-state index in [0.29, 0.717) is 6.04 Å². The lowest BCUT2D eigenvalue weighted by Crippen LogP contribution is -2.44.